The smallest absolute Gasteiger partial charge is 0.00980 e. The van der Waals surface area contributed by atoms with Crippen LogP contribution in [0.3, 0.4) is 0 Å². The van der Waals surface area contributed by atoms with Gasteiger partial charge in [0.15, 0.2) is 0 Å². The van der Waals surface area contributed by atoms with Gasteiger partial charge in [0.05, 0.1) is 0 Å². The van der Waals surface area contributed by atoms with E-state index in [4.69, 9.17) is 0 Å². The van der Waals surface area contributed by atoms with Gasteiger partial charge in [-0.3, -0.25) is 0 Å². The molecular formula is C16H33N. The van der Waals surface area contributed by atoms with Gasteiger partial charge in [0, 0.05) is 6.04 Å². The van der Waals surface area contributed by atoms with Crippen LogP contribution in [0.25, 0.3) is 0 Å². The molecule has 0 heterocycles. The van der Waals surface area contributed by atoms with Crippen LogP contribution in [0.15, 0.2) is 0 Å². The van der Waals surface area contributed by atoms with Crippen molar-refractivity contribution in [3.63, 3.8) is 0 Å². The summed E-state index contributed by atoms with van der Waals surface area (Å²) in [6.07, 6.45) is 2.72. The zero-order chi connectivity index (χ0) is 13.2. The second kappa shape index (κ2) is 5.73. The van der Waals surface area contributed by atoms with Crippen LogP contribution in [0.5, 0.6) is 0 Å². The van der Waals surface area contributed by atoms with Crippen LogP contribution in [0, 0.1) is 29.1 Å². The highest BCUT2D eigenvalue weighted by atomic mass is 14.9. The second-order valence-electron chi connectivity index (χ2n) is 7.72. The average molecular weight is 239 g/mol. The summed E-state index contributed by atoms with van der Waals surface area (Å²) in [6, 6.07) is 0.741. The lowest BCUT2D eigenvalue weighted by atomic mass is 9.85. The predicted octanol–water partition coefficient (Wildman–Crippen LogP) is 4.33. The molecule has 0 amide bonds. The second-order valence-corrected chi connectivity index (χ2v) is 7.72. The Balaban J connectivity index is 2.45. The van der Waals surface area contributed by atoms with Crippen molar-refractivity contribution >= 4 is 0 Å². The number of rotatable bonds is 5. The molecule has 0 bridgehead atoms. The summed E-state index contributed by atoms with van der Waals surface area (Å²) in [7, 11) is 0. The Morgan fingerprint density at radius 2 is 1.59 bits per heavy atom. The van der Waals surface area contributed by atoms with Gasteiger partial charge < -0.3 is 5.32 Å². The molecule has 1 aliphatic carbocycles. The molecule has 17 heavy (non-hydrogen) atoms. The fraction of sp³-hybridized carbons (Fsp3) is 1.00. The largest absolute Gasteiger partial charge is 0.313 e. The number of hydrogen-bond donors (Lipinski definition) is 1. The molecule has 1 heteroatoms. The Hall–Kier alpha value is -0.0400. The van der Waals surface area contributed by atoms with Gasteiger partial charge in [-0.1, -0.05) is 48.5 Å². The minimum absolute atomic E-state index is 0.544. The van der Waals surface area contributed by atoms with Crippen molar-refractivity contribution in [1.82, 2.24) is 5.32 Å². The van der Waals surface area contributed by atoms with E-state index in [1.807, 2.05) is 0 Å². The third-order valence-corrected chi connectivity index (χ3v) is 4.66. The van der Waals surface area contributed by atoms with Gasteiger partial charge in [0.2, 0.25) is 0 Å². The lowest BCUT2D eigenvalue weighted by Gasteiger charge is -2.28. The summed E-state index contributed by atoms with van der Waals surface area (Å²) in [5.74, 6) is 3.22. The van der Waals surface area contributed by atoms with Crippen molar-refractivity contribution in [2.75, 3.05) is 6.54 Å². The van der Waals surface area contributed by atoms with Gasteiger partial charge in [-0.25, -0.2) is 0 Å². The topological polar surface area (TPSA) is 12.0 Å². The maximum Gasteiger partial charge on any atom is 0.00980 e. The van der Waals surface area contributed by atoms with Crippen LogP contribution in [-0.2, 0) is 0 Å². The van der Waals surface area contributed by atoms with E-state index in [2.05, 4.69) is 53.8 Å². The molecule has 1 aliphatic rings. The molecule has 0 aromatic heterocycles. The Morgan fingerprint density at radius 1 is 1.06 bits per heavy atom. The van der Waals surface area contributed by atoms with Gasteiger partial charge >= 0.3 is 0 Å². The first-order chi connectivity index (χ1) is 7.73. The minimum atomic E-state index is 0.544. The maximum atomic E-state index is 3.85. The van der Waals surface area contributed by atoms with E-state index in [-0.39, 0.29) is 0 Å². The standard InChI is InChI=1S/C16H33N/c1-11(2)14(12(3)4)10-17-15-9-16(6,7)8-13(15)5/h11-15,17H,8-10H2,1-7H3. The molecule has 0 aromatic rings. The van der Waals surface area contributed by atoms with Crippen LogP contribution in [-0.4, -0.2) is 12.6 Å². The molecule has 0 aliphatic heterocycles. The molecule has 1 rings (SSSR count). The van der Waals surface area contributed by atoms with Crippen LogP contribution in [0.2, 0.25) is 0 Å². The van der Waals surface area contributed by atoms with E-state index in [0.29, 0.717) is 5.41 Å². The van der Waals surface area contributed by atoms with Gasteiger partial charge in [0.25, 0.3) is 0 Å². The number of hydrogen-bond acceptors (Lipinski definition) is 1. The molecule has 2 atom stereocenters. The summed E-state index contributed by atoms with van der Waals surface area (Å²) in [6.45, 7) is 17.8. The van der Waals surface area contributed by atoms with Gasteiger partial charge in [-0.15, -0.1) is 0 Å². The van der Waals surface area contributed by atoms with E-state index >= 15 is 0 Å². The molecule has 102 valence electrons. The lowest BCUT2D eigenvalue weighted by molar-refractivity contribution is 0.255. The molecule has 0 radical (unpaired) electrons. The van der Waals surface area contributed by atoms with E-state index in [0.717, 1.165) is 29.7 Å². The molecule has 2 unspecified atom stereocenters. The number of nitrogens with one attached hydrogen (secondary N) is 1. The Kier molecular flexibility index (Phi) is 5.07. The van der Waals surface area contributed by atoms with Gasteiger partial charge in [0.1, 0.15) is 0 Å². The first-order valence-corrected chi connectivity index (χ1v) is 7.46. The highest BCUT2D eigenvalue weighted by Crippen LogP contribution is 2.41. The van der Waals surface area contributed by atoms with E-state index in [1.54, 1.807) is 0 Å². The van der Waals surface area contributed by atoms with Gasteiger partial charge in [-0.2, -0.15) is 0 Å². The highest BCUT2D eigenvalue weighted by molar-refractivity contribution is 4.91. The Morgan fingerprint density at radius 3 is 1.94 bits per heavy atom. The van der Waals surface area contributed by atoms with Crippen molar-refractivity contribution in [1.29, 1.82) is 0 Å². The molecule has 1 nitrogen and oxygen atoms in total. The SMILES string of the molecule is CC(C)C(CNC1CC(C)(C)CC1C)C(C)C. The minimum Gasteiger partial charge on any atom is -0.313 e. The van der Waals surface area contributed by atoms with Crippen molar-refractivity contribution in [3.05, 3.63) is 0 Å². The molecule has 0 aromatic carbocycles. The molecular weight excluding hydrogens is 206 g/mol. The third kappa shape index (κ3) is 4.28. The summed E-state index contributed by atoms with van der Waals surface area (Å²) in [5.41, 5.74) is 0.544. The van der Waals surface area contributed by atoms with Crippen LogP contribution < -0.4 is 5.32 Å². The maximum absolute atomic E-state index is 3.85. The quantitative estimate of drug-likeness (QED) is 0.753. The molecule has 0 spiro atoms. The molecule has 0 saturated heterocycles. The highest BCUT2D eigenvalue weighted by Gasteiger charge is 2.36. The fourth-order valence-corrected chi connectivity index (χ4v) is 3.70. The van der Waals surface area contributed by atoms with Crippen molar-refractivity contribution < 1.29 is 0 Å². The Bertz CT molecular complexity index is 222. The van der Waals surface area contributed by atoms with Crippen molar-refractivity contribution in [3.8, 4) is 0 Å². The normalized spacial score (nSPS) is 28.6. The van der Waals surface area contributed by atoms with E-state index in [9.17, 15) is 0 Å². The summed E-state index contributed by atoms with van der Waals surface area (Å²) in [4.78, 5) is 0. The summed E-state index contributed by atoms with van der Waals surface area (Å²) in [5, 5.41) is 3.85. The first-order valence-electron chi connectivity index (χ1n) is 7.46. The lowest BCUT2D eigenvalue weighted by Crippen LogP contribution is -2.38. The zero-order valence-electron chi connectivity index (χ0n) is 13.0. The molecule has 1 saturated carbocycles. The molecule has 1 fully saturated rings. The Labute approximate surface area is 109 Å². The van der Waals surface area contributed by atoms with Crippen molar-refractivity contribution in [2.24, 2.45) is 29.1 Å². The van der Waals surface area contributed by atoms with Crippen LogP contribution in [0.4, 0.5) is 0 Å². The fourth-order valence-electron chi connectivity index (χ4n) is 3.70. The van der Waals surface area contributed by atoms with Crippen LogP contribution in [0.1, 0.15) is 61.3 Å². The van der Waals surface area contributed by atoms with E-state index < -0.39 is 0 Å². The van der Waals surface area contributed by atoms with Gasteiger partial charge in [-0.05, 0) is 48.5 Å². The third-order valence-electron chi connectivity index (χ3n) is 4.66. The van der Waals surface area contributed by atoms with Crippen molar-refractivity contribution in [2.45, 2.75) is 67.3 Å². The first kappa shape index (κ1) is 15.0. The average Bonchev–Trinajstić information content (AvgIpc) is 2.38. The zero-order valence-corrected chi connectivity index (χ0v) is 13.0. The van der Waals surface area contributed by atoms with E-state index in [1.165, 1.54) is 19.4 Å². The summed E-state index contributed by atoms with van der Waals surface area (Å²) >= 11 is 0. The summed E-state index contributed by atoms with van der Waals surface area (Å²) < 4.78 is 0. The monoisotopic (exact) mass is 239 g/mol. The predicted molar refractivity (Wildman–Crippen MR) is 77.1 cm³/mol. The molecule has 1 N–H and O–H groups in total. The van der Waals surface area contributed by atoms with Crippen LogP contribution >= 0.6 is 0 Å².